The van der Waals surface area contributed by atoms with Gasteiger partial charge in [0.25, 0.3) is 0 Å². The van der Waals surface area contributed by atoms with Crippen LogP contribution in [0.5, 0.6) is 0 Å². The van der Waals surface area contributed by atoms with Crippen molar-refractivity contribution in [3.8, 4) is 0 Å². The van der Waals surface area contributed by atoms with Gasteiger partial charge in [0, 0.05) is 4.47 Å². The highest BCUT2D eigenvalue weighted by Gasteiger charge is 2.11. The summed E-state index contributed by atoms with van der Waals surface area (Å²) in [5, 5.41) is 0. The highest BCUT2D eigenvalue weighted by molar-refractivity contribution is 9.10. The van der Waals surface area contributed by atoms with Crippen LogP contribution in [0.4, 0.5) is 4.39 Å². The molecule has 0 aliphatic rings. The second kappa shape index (κ2) is 5.87. The van der Waals surface area contributed by atoms with Crippen molar-refractivity contribution in [2.75, 3.05) is 0 Å². The first-order valence-corrected chi connectivity index (χ1v) is 7.33. The molecule has 0 bridgehead atoms. The molecule has 106 valence electrons. The molecule has 0 aliphatic carbocycles. The highest BCUT2D eigenvalue weighted by Crippen LogP contribution is 2.20. The van der Waals surface area contributed by atoms with Gasteiger partial charge in [-0.05, 0) is 42.3 Å². The number of para-hydroxylation sites is 2. The van der Waals surface area contributed by atoms with Gasteiger partial charge in [0.15, 0.2) is 0 Å². The van der Waals surface area contributed by atoms with Gasteiger partial charge in [-0.15, -0.1) is 0 Å². The number of halogens is 2. The van der Waals surface area contributed by atoms with Crippen LogP contribution in [0.15, 0.2) is 53.1 Å². The predicted molar refractivity (Wildman–Crippen MR) is 84.3 cm³/mol. The van der Waals surface area contributed by atoms with Crippen molar-refractivity contribution >= 4 is 27.0 Å². The Morgan fingerprint density at radius 1 is 1.14 bits per heavy atom. The van der Waals surface area contributed by atoms with E-state index in [1.54, 1.807) is 6.20 Å². The predicted octanol–water partition coefficient (Wildman–Crippen LogP) is 3.77. The van der Waals surface area contributed by atoms with Crippen molar-refractivity contribution < 1.29 is 4.39 Å². The molecule has 0 amide bonds. The van der Waals surface area contributed by atoms with E-state index in [1.165, 1.54) is 12.1 Å². The van der Waals surface area contributed by atoms with Gasteiger partial charge in [-0.3, -0.25) is 4.98 Å². The van der Waals surface area contributed by atoms with E-state index in [2.05, 4.69) is 25.9 Å². The van der Waals surface area contributed by atoms with E-state index in [4.69, 9.17) is 5.73 Å². The number of fused-ring (bicyclic) bond motifs is 1. The largest absolute Gasteiger partial charge is 0.322 e. The second-order valence-corrected chi connectivity index (χ2v) is 5.79. The van der Waals surface area contributed by atoms with Gasteiger partial charge in [0.05, 0.1) is 29.0 Å². The average Bonchev–Trinajstić information content (AvgIpc) is 2.45. The van der Waals surface area contributed by atoms with Crippen molar-refractivity contribution in [2.24, 2.45) is 5.73 Å². The lowest BCUT2D eigenvalue weighted by molar-refractivity contribution is 0.619. The van der Waals surface area contributed by atoms with E-state index in [0.29, 0.717) is 16.6 Å². The van der Waals surface area contributed by atoms with Crippen LogP contribution < -0.4 is 5.73 Å². The van der Waals surface area contributed by atoms with Gasteiger partial charge in [-0.25, -0.2) is 9.37 Å². The quantitative estimate of drug-likeness (QED) is 0.785. The molecule has 2 aromatic carbocycles. The van der Waals surface area contributed by atoms with E-state index in [0.717, 1.165) is 16.6 Å². The van der Waals surface area contributed by atoms with Gasteiger partial charge in [-0.1, -0.05) is 28.1 Å². The maximum Gasteiger partial charge on any atom is 0.124 e. The van der Waals surface area contributed by atoms with Crippen molar-refractivity contribution in [1.82, 2.24) is 9.97 Å². The number of hydrogen-bond donors (Lipinski definition) is 1. The fourth-order valence-corrected chi connectivity index (χ4v) is 2.75. The van der Waals surface area contributed by atoms with Crippen LogP contribution in [0, 0.1) is 5.82 Å². The van der Waals surface area contributed by atoms with Crippen LogP contribution >= 0.6 is 15.9 Å². The van der Waals surface area contributed by atoms with E-state index < -0.39 is 0 Å². The van der Waals surface area contributed by atoms with E-state index in [-0.39, 0.29) is 11.9 Å². The maximum absolute atomic E-state index is 13.4. The molecule has 0 saturated carbocycles. The standard InChI is InChI=1S/C16H13BrFN3/c17-11-5-10(6-12(18)8-11)7-13(19)16-9-20-14-3-1-2-4-15(14)21-16/h1-6,8-9,13H,7,19H2. The number of rotatable bonds is 3. The summed E-state index contributed by atoms with van der Waals surface area (Å²) in [6, 6.07) is 12.1. The summed E-state index contributed by atoms with van der Waals surface area (Å²) in [6.45, 7) is 0. The smallest absolute Gasteiger partial charge is 0.124 e. The Morgan fingerprint density at radius 2 is 1.90 bits per heavy atom. The summed E-state index contributed by atoms with van der Waals surface area (Å²) in [4.78, 5) is 8.88. The number of nitrogens with zero attached hydrogens (tertiary/aromatic N) is 2. The van der Waals surface area contributed by atoms with Gasteiger partial charge >= 0.3 is 0 Å². The summed E-state index contributed by atoms with van der Waals surface area (Å²) in [5.74, 6) is -0.281. The Morgan fingerprint density at radius 3 is 2.67 bits per heavy atom. The maximum atomic E-state index is 13.4. The summed E-state index contributed by atoms with van der Waals surface area (Å²) >= 11 is 3.28. The number of aromatic nitrogens is 2. The minimum Gasteiger partial charge on any atom is -0.322 e. The summed E-state index contributed by atoms with van der Waals surface area (Å²) < 4.78 is 14.1. The van der Waals surface area contributed by atoms with Crippen molar-refractivity contribution in [2.45, 2.75) is 12.5 Å². The molecule has 1 aromatic heterocycles. The Hall–Kier alpha value is -1.85. The Labute approximate surface area is 130 Å². The molecule has 5 heteroatoms. The lowest BCUT2D eigenvalue weighted by Gasteiger charge is -2.12. The van der Waals surface area contributed by atoms with Gasteiger partial charge in [0.1, 0.15) is 5.82 Å². The molecule has 3 aromatic rings. The lowest BCUT2D eigenvalue weighted by Crippen LogP contribution is -2.15. The molecule has 1 atom stereocenters. The molecule has 0 saturated heterocycles. The SMILES string of the molecule is NC(Cc1cc(F)cc(Br)c1)c1cnc2ccccc2n1. The zero-order chi connectivity index (χ0) is 14.8. The van der Waals surface area contributed by atoms with Crippen molar-refractivity contribution in [3.05, 3.63) is 70.2 Å². The Kier molecular flexibility index (Phi) is 3.94. The fraction of sp³-hybridized carbons (Fsp3) is 0.125. The normalized spacial score (nSPS) is 12.5. The van der Waals surface area contributed by atoms with Crippen molar-refractivity contribution in [1.29, 1.82) is 0 Å². The molecule has 2 N–H and O–H groups in total. The molecule has 0 fully saturated rings. The third kappa shape index (κ3) is 3.25. The van der Waals surface area contributed by atoms with Crippen LogP contribution in [0.1, 0.15) is 17.3 Å². The molecule has 1 heterocycles. The van der Waals surface area contributed by atoms with Gasteiger partial charge in [0.2, 0.25) is 0 Å². The summed E-state index contributed by atoms with van der Waals surface area (Å²) in [7, 11) is 0. The Bertz CT molecular complexity index is 771. The number of hydrogen-bond acceptors (Lipinski definition) is 3. The minimum atomic E-state index is -0.323. The topological polar surface area (TPSA) is 51.8 Å². The molecule has 3 nitrogen and oxygen atoms in total. The highest BCUT2D eigenvalue weighted by atomic mass is 79.9. The average molecular weight is 346 g/mol. The lowest BCUT2D eigenvalue weighted by atomic mass is 10.0. The van der Waals surface area contributed by atoms with Crippen LogP contribution in [-0.4, -0.2) is 9.97 Å². The molecular formula is C16H13BrFN3. The molecular weight excluding hydrogens is 333 g/mol. The van der Waals surface area contributed by atoms with E-state index in [1.807, 2.05) is 30.3 Å². The molecule has 0 spiro atoms. The van der Waals surface area contributed by atoms with Crippen LogP contribution in [0.25, 0.3) is 11.0 Å². The second-order valence-electron chi connectivity index (χ2n) is 4.87. The zero-order valence-electron chi connectivity index (χ0n) is 11.1. The van der Waals surface area contributed by atoms with E-state index >= 15 is 0 Å². The molecule has 3 rings (SSSR count). The van der Waals surface area contributed by atoms with E-state index in [9.17, 15) is 4.39 Å². The van der Waals surface area contributed by atoms with Crippen LogP contribution in [0.2, 0.25) is 0 Å². The first-order chi connectivity index (χ1) is 10.1. The third-order valence-corrected chi connectivity index (χ3v) is 3.68. The van der Waals surface area contributed by atoms with Gasteiger partial charge in [-0.2, -0.15) is 0 Å². The Balaban J connectivity index is 1.87. The van der Waals surface area contributed by atoms with Crippen LogP contribution in [-0.2, 0) is 6.42 Å². The summed E-state index contributed by atoms with van der Waals surface area (Å²) in [6.07, 6.45) is 2.19. The van der Waals surface area contributed by atoms with Crippen LogP contribution in [0.3, 0.4) is 0 Å². The first kappa shape index (κ1) is 14.1. The molecule has 0 aliphatic heterocycles. The van der Waals surface area contributed by atoms with Gasteiger partial charge < -0.3 is 5.73 Å². The molecule has 1 unspecified atom stereocenters. The molecule has 0 radical (unpaired) electrons. The number of benzene rings is 2. The monoisotopic (exact) mass is 345 g/mol. The first-order valence-electron chi connectivity index (χ1n) is 6.54. The minimum absolute atomic E-state index is 0.281. The van der Waals surface area contributed by atoms with Crippen molar-refractivity contribution in [3.63, 3.8) is 0 Å². The molecule has 21 heavy (non-hydrogen) atoms. The fourth-order valence-electron chi connectivity index (χ4n) is 2.24. The zero-order valence-corrected chi connectivity index (χ0v) is 12.7. The summed E-state index contributed by atoms with van der Waals surface area (Å²) in [5.41, 5.74) is 9.35. The number of nitrogens with two attached hydrogens (primary N) is 1. The third-order valence-electron chi connectivity index (χ3n) is 3.23.